The van der Waals surface area contributed by atoms with Crippen molar-refractivity contribution in [3.05, 3.63) is 169 Å². The van der Waals surface area contributed by atoms with Gasteiger partial charge >= 0.3 is 0 Å². The van der Waals surface area contributed by atoms with Crippen LogP contribution >= 0.6 is 11.3 Å². The third-order valence-corrected chi connectivity index (χ3v) is 12.3. The summed E-state index contributed by atoms with van der Waals surface area (Å²) in [7, 11) is 0. The van der Waals surface area contributed by atoms with Crippen molar-refractivity contribution in [3.63, 3.8) is 0 Å². The Labute approximate surface area is 318 Å². The fraction of sp³-hybridized carbons (Fsp3) is 0.0408. The van der Waals surface area contributed by atoms with Crippen LogP contribution in [0.15, 0.2) is 161 Å². The molecule has 11 aromatic rings. The summed E-state index contributed by atoms with van der Waals surface area (Å²) in [6.07, 6.45) is 5.15. The molecule has 0 fully saturated rings. The van der Waals surface area contributed by atoms with Crippen LogP contribution in [0.5, 0.6) is 0 Å². The predicted molar refractivity (Wildman–Crippen MR) is 226 cm³/mol. The summed E-state index contributed by atoms with van der Waals surface area (Å²) in [6.45, 7) is 0. The molecular formula is C49H29N3O2S. The number of allylic oxidation sites excluding steroid dienone is 1. The normalized spacial score (nSPS) is 14.2. The van der Waals surface area contributed by atoms with Crippen LogP contribution in [0.3, 0.4) is 0 Å². The number of rotatable bonds is 4. The van der Waals surface area contributed by atoms with Crippen molar-refractivity contribution in [1.82, 2.24) is 15.0 Å². The highest BCUT2D eigenvalue weighted by Gasteiger charge is 2.28. The number of thiophene rings is 1. The Morgan fingerprint density at radius 2 is 1.24 bits per heavy atom. The lowest BCUT2D eigenvalue weighted by atomic mass is 9.82. The number of nitrogens with zero attached hydrogens (tertiary/aromatic N) is 3. The monoisotopic (exact) mass is 723 g/mol. The van der Waals surface area contributed by atoms with Gasteiger partial charge in [-0.25, -0.2) is 15.0 Å². The van der Waals surface area contributed by atoms with Crippen molar-refractivity contribution in [2.75, 3.05) is 0 Å². The first kappa shape index (κ1) is 30.6. The van der Waals surface area contributed by atoms with Gasteiger partial charge in [0.05, 0.1) is 0 Å². The molecule has 258 valence electrons. The SMILES string of the molecule is C1=Cc2oc3ccccc3c2C(c2cc(-c3nc(-c4ccc5ccccc5c4)nc(-c4cccc5c4sc4ccccc45)n3)c3c(c2)oc2ccccc23)C1. The molecule has 5 nitrogen and oxygen atoms in total. The second kappa shape index (κ2) is 11.8. The topological polar surface area (TPSA) is 65.0 Å². The van der Waals surface area contributed by atoms with Gasteiger partial charge < -0.3 is 8.83 Å². The number of benzene rings is 7. The molecule has 7 aromatic carbocycles. The van der Waals surface area contributed by atoms with Crippen LogP contribution in [0.1, 0.15) is 29.2 Å². The molecule has 0 aliphatic heterocycles. The maximum Gasteiger partial charge on any atom is 0.165 e. The zero-order chi connectivity index (χ0) is 36.0. The Morgan fingerprint density at radius 3 is 2.13 bits per heavy atom. The molecule has 0 saturated heterocycles. The molecule has 0 radical (unpaired) electrons. The van der Waals surface area contributed by atoms with Gasteiger partial charge in [0.2, 0.25) is 0 Å². The summed E-state index contributed by atoms with van der Waals surface area (Å²) >= 11 is 1.78. The smallest absolute Gasteiger partial charge is 0.165 e. The zero-order valence-corrected chi connectivity index (χ0v) is 30.2. The lowest BCUT2D eigenvalue weighted by Crippen LogP contribution is -2.05. The second-order valence-corrected chi connectivity index (χ2v) is 15.3. The molecule has 4 heterocycles. The van der Waals surface area contributed by atoms with Crippen molar-refractivity contribution < 1.29 is 8.83 Å². The van der Waals surface area contributed by atoms with E-state index in [9.17, 15) is 0 Å². The molecule has 0 bridgehead atoms. The molecule has 1 unspecified atom stereocenters. The van der Waals surface area contributed by atoms with Gasteiger partial charge in [-0.1, -0.05) is 109 Å². The first-order valence-electron chi connectivity index (χ1n) is 18.5. The fourth-order valence-electron chi connectivity index (χ4n) is 8.55. The summed E-state index contributed by atoms with van der Waals surface area (Å²) in [4.78, 5) is 16.0. The standard InChI is InChI=1S/C49H29N3O2S/c1-2-12-29-25-30(24-23-28(29)11-1)47-50-48(37-18-9-17-34-33-13-5-8-22-43(33)55-46(34)37)52-49(51-47)38-26-31(27-42-45(38)36-15-4-7-20-40(36)54-42)32-16-10-21-41-44(32)35-14-3-6-19-39(35)53-41/h1-15,17-27,32H,16H2. The molecule has 0 saturated carbocycles. The van der Waals surface area contributed by atoms with Crippen LogP contribution in [0.25, 0.3) is 104 Å². The minimum absolute atomic E-state index is 0.0496. The van der Waals surface area contributed by atoms with E-state index in [1.807, 2.05) is 24.3 Å². The average molecular weight is 724 g/mol. The van der Waals surface area contributed by atoms with Crippen LogP contribution in [0.4, 0.5) is 0 Å². The lowest BCUT2D eigenvalue weighted by molar-refractivity contribution is 0.589. The minimum Gasteiger partial charge on any atom is -0.456 e. The van der Waals surface area contributed by atoms with E-state index in [-0.39, 0.29) is 5.92 Å². The molecule has 0 amide bonds. The fourth-order valence-corrected chi connectivity index (χ4v) is 9.76. The summed E-state index contributed by atoms with van der Waals surface area (Å²) in [5.74, 6) is 2.82. The molecule has 0 spiro atoms. The molecule has 6 heteroatoms. The van der Waals surface area contributed by atoms with Gasteiger partial charge in [0.15, 0.2) is 17.5 Å². The maximum atomic E-state index is 6.66. The summed E-state index contributed by atoms with van der Waals surface area (Å²) < 4.78 is 15.4. The van der Waals surface area contributed by atoms with Crippen LogP contribution in [0.2, 0.25) is 0 Å². The van der Waals surface area contributed by atoms with Gasteiger partial charge in [-0.2, -0.15) is 0 Å². The number of para-hydroxylation sites is 2. The Hall–Kier alpha value is -6.89. The van der Waals surface area contributed by atoms with Gasteiger partial charge in [-0.05, 0) is 71.3 Å². The first-order chi connectivity index (χ1) is 27.2. The van der Waals surface area contributed by atoms with Gasteiger partial charge in [0.25, 0.3) is 0 Å². The molecule has 4 aromatic heterocycles. The molecular weight excluding hydrogens is 695 g/mol. The Bertz CT molecular complexity index is 3390. The van der Waals surface area contributed by atoms with E-state index in [2.05, 4.69) is 133 Å². The number of aromatic nitrogens is 3. The van der Waals surface area contributed by atoms with Crippen molar-refractivity contribution >= 4 is 81.3 Å². The van der Waals surface area contributed by atoms with Gasteiger partial charge in [-0.3, -0.25) is 0 Å². The Morgan fingerprint density at radius 1 is 0.527 bits per heavy atom. The number of furan rings is 2. The van der Waals surface area contributed by atoms with E-state index in [0.29, 0.717) is 17.5 Å². The van der Waals surface area contributed by atoms with E-state index >= 15 is 0 Å². The summed E-state index contributed by atoms with van der Waals surface area (Å²) in [5.41, 5.74) is 7.68. The maximum absolute atomic E-state index is 6.66. The third kappa shape index (κ3) is 4.75. The molecule has 12 rings (SSSR count). The van der Waals surface area contributed by atoms with Crippen LogP contribution < -0.4 is 0 Å². The molecule has 0 N–H and O–H groups in total. The zero-order valence-electron chi connectivity index (χ0n) is 29.4. The van der Waals surface area contributed by atoms with Crippen molar-refractivity contribution in [2.24, 2.45) is 0 Å². The Balaban J connectivity index is 1.15. The quantitative estimate of drug-likeness (QED) is 0.181. The molecule has 1 atom stereocenters. The number of hydrogen-bond acceptors (Lipinski definition) is 6. The molecule has 1 aliphatic carbocycles. The lowest BCUT2D eigenvalue weighted by Gasteiger charge is -2.20. The number of hydrogen-bond donors (Lipinski definition) is 0. The molecule has 55 heavy (non-hydrogen) atoms. The summed E-state index contributed by atoms with van der Waals surface area (Å²) in [6, 6.07) is 50.9. The van der Waals surface area contributed by atoms with E-state index < -0.39 is 0 Å². The first-order valence-corrected chi connectivity index (χ1v) is 19.3. The van der Waals surface area contributed by atoms with E-state index in [0.717, 1.165) is 77.4 Å². The van der Waals surface area contributed by atoms with Crippen LogP contribution in [-0.4, -0.2) is 15.0 Å². The molecule has 1 aliphatic rings. The van der Waals surface area contributed by atoms with Crippen molar-refractivity contribution in [2.45, 2.75) is 12.3 Å². The van der Waals surface area contributed by atoms with Gasteiger partial charge in [0.1, 0.15) is 22.5 Å². The van der Waals surface area contributed by atoms with Crippen molar-refractivity contribution in [3.8, 4) is 34.2 Å². The predicted octanol–water partition coefficient (Wildman–Crippen LogP) is 13.6. The highest BCUT2D eigenvalue weighted by molar-refractivity contribution is 7.26. The second-order valence-electron chi connectivity index (χ2n) is 14.3. The highest BCUT2D eigenvalue weighted by atomic mass is 32.1. The number of fused-ring (bicyclic) bond motifs is 10. The van der Waals surface area contributed by atoms with Gasteiger partial charge in [-0.15, -0.1) is 11.3 Å². The minimum atomic E-state index is 0.0496. The van der Waals surface area contributed by atoms with E-state index in [1.54, 1.807) is 11.3 Å². The largest absolute Gasteiger partial charge is 0.456 e. The summed E-state index contributed by atoms with van der Waals surface area (Å²) in [5, 5.41) is 7.89. The Kier molecular flexibility index (Phi) is 6.56. The third-order valence-electron chi connectivity index (χ3n) is 11.1. The van der Waals surface area contributed by atoms with E-state index in [1.165, 1.54) is 26.4 Å². The van der Waals surface area contributed by atoms with Crippen molar-refractivity contribution in [1.29, 1.82) is 0 Å². The highest BCUT2D eigenvalue weighted by Crippen LogP contribution is 2.46. The van der Waals surface area contributed by atoms with Crippen LogP contribution in [0, 0.1) is 0 Å². The van der Waals surface area contributed by atoms with Crippen LogP contribution in [-0.2, 0) is 0 Å². The van der Waals surface area contributed by atoms with Gasteiger partial charge in [0, 0.05) is 64.5 Å². The average Bonchev–Trinajstić information content (AvgIpc) is 3.94. The van der Waals surface area contributed by atoms with E-state index in [4.69, 9.17) is 23.8 Å².